The minimum Gasteiger partial charge on any atom is -0.302 e. The maximum absolute atomic E-state index is 14.1. The molecule has 0 saturated carbocycles. The van der Waals surface area contributed by atoms with Crippen LogP contribution >= 0.6 is 0 Å². The average molecular weight is 346 g/mol. The second-order valence-corrected chi connectivity index (χ2v) is 7.57. The summed E-state index contributed by atoms with van der Waals surface area (Å²) in [5.41, 5.74) is 1.13. The van der Waals surface area contributed by atoms with E-state index in [1.165, 1.54) is 30.5 Å². The van der Waals surface area contributed by atoms with Gasteiger partial charge >= 0.3 is 0 Å². The summed E-state index contributed by atoms with van der Waals surface area (Å²) in [6.45, 7) is 3.39. The maximum atomic E-state index is 14.1. The van der Waals surface area contributed by atoms with Gasteiger partial charge in [-0.25, -0.2) is 16.8 Å². The zero-order chi connectivity index (χ0) is 17.3. The summed E-state index contributed by atoms with van der Waals surface area (Å²) in [4.78, 5) is 2.22. The van der Waals surface area contributed by atoms with Crippen LogP contribution in [0.3, 0.4) is 0 Å². The van der Waals surface area contributed by atoms with Gasteiger partial charge in [-0.3, -0.25) is 0 Å². The van der Waals surface area contributed by atoms with Crippen molar-refractivity contribution in [1.29, 1.82) is 0 Å². The van der Waals surface area contributed by atoms with Crippen LogP contribution in [0.25, 0.3) is 10.9 Å². The Labute approximate surface area is 141 Å². The first kappa shape index (κ1) is 16.7. The van der Waals surface area contributed by atoms with Crippen LogP contribution in [0.1, 0.15) is 12.5 Å². The van der Waals surface area contributed by atoms with E-state index in [2.05, 4.69) is 0 Å². The molecule has 0 unspecified atom stereocenters. The van der Waals surface area contributed by atoms with Crippen molar-refractivity contribution in [2.75, 3.05) is 13.6 Å². The Kier molecular flexibility index (Phi) is 4.43. The van der Waals surface area contributed by atoms with E-state index >= 15 is 0 Å². The van der Waals surface area contributed by atoms with Gasteiger partial charge in [0.05, 0.1) is 10.4 Å². The van der Waals surface area contributed by atoms with Crippen LogP contribution in [-0.4, -0.2) is 30.9 Å². The number of hydrogen-bond donors (Lipinski definition) is 0. The standard InChI is InChI=1S/C18H19FN2O2S/c1-3-20(2)13-14-11-15(19)12-18-17(14)9-10-21(18)24(22,23)16-7-5-4-6-8-16/h4-12H,3,13H2,1-2H3. The molecule has 4 nitrogen and oxygen atoms in total. The number of halogens is 1. The van der Waals surface area contributed by atoms with Crippen molar-refractivity contribution in [3.8, 4) is 0 Å². The van der Waals surface area contributed by atoms with Gasteiger partial charge in [0.15, 0.2) is 0 Å². The second kappa shape index (κ2) is 6.37. The first-order valence-electron chi connectivity index (χ1n) is 7.72. The number of benzene rings is 2. The molecule has 0 atom stereocenters. The van der Waals surface area contributed by atoms with Gasteiger partial charge in [0, 0.05) is 18.1 Å². The summed E-state index contributed by atoms with van der Waals surface area (Å²) >= 11 is 0. The van der Waals surface area contributed by atoms with Crippen LogP contribution in [0.4, 0.5) is 4.39 Å². The molecular weight excluding hydrogens is 327 g/mol. The second-order valence-electron chi connectivity index (χ2n) is 5.76. The van der Waals surface area contributed by atoms with Crippen LogP contribution in [0.15, 0.2) is 59.6 Å². The molecule has 0 bridgehead atoms. The first-order chi connectivity index (χ1) is 11.4. The summed E-state index contributed by atoms with van der Waals surface area (Å²) in [7, 11) is -1.81. The number of nitrogens with zero attached hydrogens (tertiary/aromatic N) is 2. The molecule has 0 aliphatic heterocycles. The SMILES string of the molecule is CCN(C)Cc1cc(F)cc2c1ccn2S(=O)(=O)c1ccccc1. The highest BCUT2D eigenvalue weighted by molar-refractivity contribution is 7.90. The third-order valence-electron chi connectivity index (χ3n) is 4.10. The zero-order valence-corrected chi connectivity index (χ0v) is 14.4. The first-order valence-corrected chi connectivity index (χ1v) is 9.16. The molecule has 0 aliphatic carbocycles. The highest BCUT2D eigenvalue weighted by atomic mass is 32.2. The molecule has 1 aromatic heterocycles. The van der Waals surface area contributed by atoms with Gasteiger partial charge in [-0.1, -0.05) is 25.1 Å². The van der Waals surface area contributed by atoms with E-state index in [4.69, 9.17) is 0 Å². The average Bonchev–Trinajstić information content (AvgIpc) is 3.00. The van der Waals surface area contributed by atoms with Gasteiger partial charge in [-0.05, 0) is 49.5 Å². The third kappa shape index (κ3) is 2.95. The fourth-order valence-corrected chi connectivity index (χ4v) is 4.06. The van der Waals surface area contributed by atoms with Crippen molar-refractivity contribution in [2.45, 2.75) is 18.4 Å². The smallest absolute Gasteiger partial charge is 0.268 e. The summed E-state index contributed by atoms with van der Waals surface area (Å²) in [5, 5.41) is 0.746. The lowest BCUT2D eigenvalue weighted by Gasteiger charge is -2.15. The Balaban J connectivity index is 2.18. The van der Waals surface area contributed by atoms with E-state index in [-0.39, 0.29) is 4.90 Å². The third-order valence-corrected chi connectivity index (χ3v) is 5.81. The largest absolute Gasteiger partial charge is 0.302 e. The zero-order valence-electron chi connectivity index (χ0n) is 13.6. The molecule has 24 heavy (non-hydrogen) atoms. The fraction of sp³-hybridized carbons (Fsp3) is 0.222. The summed E-state index contributed by atoms with van der Waals surface area (Å²) < 4.78 is 40.9. The number of rotatable bonds is 5. The molecule has 0 radical (unpaired) electrons. The maximum Gasteiger partial charge on any atom is 0.268 e. The molecular formula is C18H19FN2O2S. The normalized spacial score (nSPS) is 12.2. The van der Waals surface area contributed by atoms with Crippen molar-refractivity contribution >= 4 is 20.9 Å². The highest BCUT2D eigenvalue weighted by Gasteiger charge is 2.20. The molecule has 0 N–H and O–H groups in total. The van der Waals surface area contributed by atoms with Crippen LogP contribution in [0.5, 0.6) is 0 Å². The van der Waals surface area contributed by atoms with E-state index in [0.717, 1.165) is 21.5 Å². The lowest BCUT2D eigenvalue weighted by atomic mass is 10.1. The van der Waals surface area contributed by atoms with Crippen molar-refractivity contribution in [2.24, 2.45) is 0 Å². The lowest BCUT2D eigenvalue weighted by molar-refractivity contribution is 0.346. The van der Waals surface area contributed by atoms with E-state index in [1.54, 1.807) is 24.3 Å². The van der Waals surface area contributed by atoms with Crippen LogP contribution < -0.4 is 0 Å². The van der Waals surface area contributed by atoms with Gasteiger partial charge in [0.1, 0.15) is 5.82 Å². The summed E-state index contributed by atoms with van der Waals surface area (Å²) in [6.07, 6.45) is 1.49. The van der Waals surface area contributed by atoms with Crippen LogP contribution in [0, 0.1) is 5.82 Å². The molecule has 0 spiro atoms. The van der Waals surface area contributed by atoms with Crippen molar-refractivity contribution in [3.63, 3.8) is 0 Å². The lowest BCUT2D eigenvalue weighted by Crippen LogP contribution is -2.17. The van der Waals surface area contributed by atoms with Gasteiger partial charge < -0.3 is 4.90 Å². The molecule has 0 fully saturated rings. The molecule has 0 aliphatic rings. The van der Waals surface area contributed by atoms with Gasteiger partial charge in [-0.15, -0.1) is 0 Å². The molecule has 1 heterocycles. The fourth-order valence-electron chi connectivity index (χ4n) is 2.71. The molecule has 3 rings (SSSR count). The van der Waals surface area contributed by atoms with Gasteiger partial charge in [-0.2, -0.15) is 0 Å². The molecule has 0 amide bonds. The van der Waals surface area contributed by atoms with Crippen LogP contribution in [-0.2, 0) is 16.6 Å². The Morgan fingerprint density at radius 3 is 2.50 bits per heavy atom. The number of aromatic nitrogens is 1. The minimum absolute atomic E-state index is 0.180. The highest BCUT2D eigenvalue weighted by Crippen LogP contribution is 2.26. The van der Waals surface area contributed by atoms with E-state index in [9.17, 15) is 12.8 Å². The minimum atomic E-state index is -3.75. The predicted molar refractivity (Wildman–Crippen MR) is 92.9 cm³/mol. The van der Waals surface area contributed by atoms with E-state index in [0.29, 0.717) is 12.1 Å². The molecule has 126 valence electrons. The summed E-state index contributed by atoms with van der Waals surface area (Å²) in [5.74, 6) is -0.440. The molecule has 0 saturated heterocycles. The Morgan fingerprint density at radius 2 is 1.83 bits per heavy atom. The Hall–Kier alpha value is -2.18. The Bertz CT molecular complexity index is 965. The predicted octanol–water partition coefficient (Wildman–Crippen LogP) is 3.47. The van der Waals surface area contributed by atoms with Crippen LogP contribution in [0.2, 0.25) is 0 Å². The number of hydrogen-bond acceptors (Lipinski definition) is 3. The number of fused-ring (bicyclic) bond motifs is 1. The topological polar surface area (TPSA) is 42.3 Å². The molecule has 3 aromatic rings. The summed E-state index contributed by atoms with van der Waals surface area (Å²) in [6, 6.07) is 12.6. The molecule has 2 aromatic carbocycles. The van der Waals surface area contributed by atoms with Crippen molar-refractivity contribution in [3.05, 3.63) is 66.1 Å². The van der Waals surface area contributed by atoms with Crippen molar-refractivity contribution < 1.29 is 12.8 Å². The molecule has 6 heteroatoms. The monoisotopic (exact) mass is 346 g/mol. The van der Waals surface area contributed by atoms with Crippen molar-refractivity contribution in [1.82, 2.24) is 8.87 Å². The van der Waals surface area contributed by atoms with E-state index in [1.807, 2.05) is 18.9 Å². The van der Waals surface area contributed by atoms with E-state index < -0.39 is 15.8 Å². The van der Waals surface area contributed by atoms with Gasteiger partial charge in [0.25, 0.3) is 10.0 Å². The Morgan fingerprint density at radius 1 is 1.12 bits per heavy atom. The van der Waals surface area contributed by atoms with Gasteiger partial charge in [0.2, 0.25) is 0 Å². The quantitative estimate of drug-likeness (QED) is 0.710.